The Morgan fingerprint density at radius 1 is 1.50 bits per heavy atom. The molecule has 1 amide bonds. The van der Waals surface area contributed by atoms with E-state index in [-0.39, 0.29) is 12.5 Å². The number of hydrogen-bond acceptors (Lipinski definition) is 4. The minimum atomic E-state index is -0.184. The first-order valence-electron chi connectivity index (χ1n) is 5.11. The summed E-state index contributed by atoms with van der Waals surface area (Å²) in [6.45, 7) is 0.192. The fourth-order valence-electron chi connectivity index (χ4n) is 1.41. The Kier molecular flexibility index (Phi) is 4.03. The summed E-state index contributed by atoms with van der Waals surface area (Å²) >= 11 is 6.16. The van der Waals surface area contributed by atoms with Crippen LogP contribution >= 0.6 is 24.0 Å². The Balaban J connectivity index is 2.29. The molecule has 5 heteroatoms. The van der Waals surface area contributed by atoms with Crippen molar-refractivity contribution in [3.05, 3.63) is 34.7 Å². The fraction of sp³-hybridized carbons (Fsp3) is 0.0769. The monoisotopic (exact) mass is 275 g/mol. The first kappa shape index (κ1) is 12.7. The van der Waals surface area contributed by atoms with Gasteiger partial charge in [-0.25, -0.2) is 0 Å². The molecule has 1 aromatic carbocycles. The maximum atomic E-state index is 11.6. The third-order valence-corrected chi connectivity index (χ3v) is 3.32. The van der Waals surface area contributed by atoms with Crippen molar-refractivity contribution in [2.24, 2.45) is 0 Å². The molecule has 0 bridgehead atoms. The van der Waals surface area contributed by atoms with Crippen LogP contribution in [0.3, 0.4) is 0 Å². The number of ether oxygens (including phenoxy) is 1. The number of amides is 1. The number of hydrogen-bond donors (Lipinski definition) is 1. The van der Waals surface area contributed by atoms with Gasteiger partial charge in [0.15, 0.2) is 0 Å². The van der Waals surface area contributed by atoms with E-state index in [1.807, 2.05) is 18.2 Å². The van der Waals surface area contributed by atoms with Crippen molar-refractivity contribution >= 4 is 40.3 Å². The average molecular weight is 275 g/mol. The highest BCUT2D eigenvalue weighted by Gasteiger charge is 2.22. The highest BCUT2D eigenvalue weighted by Crippen LogP contribution is 2.29. The highest BCUT2D eigenvalue weighted by atomic mass is 32.2. The molecule has 0 atom stereocenters. The van der Waals surface area contributed by atoms with Gasteiger partial charge in [0, 0.05) is 5.56 Å². The maximum Gasteiger partial charge on any atom is 0.263 e. The molecule has 0 unspecified atom stereocenters. The molecule has 0 radical (unpaired) electrons. The van der Waals surface area contributed by atoms with Gasteiger partial charge in [0.1, 0.15) is 16.7 Å². The number of rotatable bonds is 3. The molecule has 1 fully saturated rings. The van der Waals surface area contributed by atoms with Crippen molar-refractivity contribution in [3.8, 4) is 18.1 Å². The molecule has 0 aromatic heterocycles. The molecule has 1 aromatic rings. The van der Waals surface area contributed by atoms with Crippen LogP contribution in [-0.4, -0.2) is 16.8 Å². The van der Waals surface area contributed by atoms with Gasteiger partial charge in [0.25, 0.3) is 5.91 Å². The fourth-order valence-corrected chi connectivity index (χ4v) is 2.45. The molecule has 1 saturated heterocycles. The standard InChI is InChI=1S/C13H9NO2S2/c1-2-7-16-10-6-4-3-5-9(10)8-11-12(15)14-13(17)18-11/h1,3-6,8H,7H2,(H,14,15,17)/b11-8-. The van der Waals surface area contributed by atoms with Crippen molar-refractivity contribution in [2.45, 2.75) is 0 Å². The van der Waals surface area contributed by atoms with E-state index in [9.17, 15) is 4.79 Å². The van der Waals surface area contributed by atoms with Crippen LogP contribution in [0, 0.1) is 12.3 Å². The zero-order valence-electron chi connectivity index (χ0n) is 9.30. The summed E-state index contributed by atoms with van der Waals surface area (Å²) in [4.78, 5) is 12.1. The highest BCUT2D eigenvalue weighted by molar-refractivity contribution is 8.26. The summed E-state index contributed by atoms with van der Waals surface area (Å²) in [6, 6.07) is 7.37. The lowest BCUT2D eigenvalue weighted by molar-refractivity contribution is -0.115. The first-order chi connectivity index (χ1) is 8.70. The Morgan fingerprint density at radius 2 is 2.28 bits per heavy atom. The minimum absolute atomic E-state index is 0.184. The van der Waals surface area contributed by atoms with Gasteiger partial charge in [0.2, 0.25) is 0 Å². The van der Waals surface area contributed by atoms with Crippen LogP contribution in [-0.2, 0) is 4.79 Å². The van der Waals surface area contributed by atoms with Gasteiger partial charge in [-0.05, 0) is 12.1 Å². The summed E-state index contributed by atoms with van der Waals surface area (Å²) in [5, 5.41) is 2.56. The second-order valence-corrected chi connectivity index (χ2v) is 5.10. The molecule has 1 aliphatic heterocycles. The lowest BCUT2D eigenvalue weighted by atomic mass is 10.2. The Bertz CT molecular complexity index is 573. The molecule has 18 heavy (non-hydrogen) atoms. The van der Waals surface area contributed by atoms with Crippen LogP contribution in [0.1, 0.15) is 5.56 Å². The lowest BCUT2D eigenvalue weighted by Gasteiger charge is -2.06. The van der Waals surface area contributed by atoms with E-state index in [1.54, 1.807) is 12.1 Å². The van der Waals surface area contributed by atoms with E-state index >= 15 is 0 Å². The van der Waals surface area contributed by atoms with Crippen LogP contribution in [0.25, 0.3) is 6.08 Å². The third kappa shape index (κ3) is 2.92. The zero-order chi connectivity index (χ0) is 13.0. The number of thioether (sulfide) groups is 1. The third-order valence-electron chi connectivity index (χ3n) is 2.16. The molecule has 0 aliphatic carbocycles. The molecule has 0 saturated carbocycles. The second-order valence-electron chi connectivity index (χ2n) is 3.38. The summed E-state index contributed by atoms with van der Waals surface area (Å²) in [6.07, 6.45) is 6.90. The van der Waals surface area contributed by atoms with E-state index in [0.717, 1.165) is 5.56 Å². The molecule has 1 heterocycles. The normalized spacial score (nSPS) is 16.5. The Hall–Kier alpha value is -1.77. The zero-order valence-corrected chi connectivity index (χ0v) is 10.9. The number of terminal acetylenes is 1. The van der Waals surface area contributed by atoms with Crippen molar-refractivity contribution in [2.75, 3.05) is 6.61 Å². The number of para-hydroxylation sites is 1. The summed E-state index contributed by atoms with van der Waals surface area (Å²) < 4.78 is 5.87. The number of thiocarbonyl (C=S) groups is 1. The molecular weight excluding hydrogens is 266 g/mol. The summed E-state index contributed by atoms with van der Waals surface area (Å²) in [5.41, 5.74) is 0.801. The van der Waals surface area contributed by atoms with Crippen LogP contribution in [0.15, 0.2) is 29.2 Å². The predicted molar refractivity (Wildman–Crippen MR) is 77.1 cm³/mol. The van der Waals surface area contributed by atoms with Gasteiger partial charge in [-0.2, -0.15) is 0 Å². The van der Waals surface area contributed by atoms with E-state index in [2.05, 4.69) is 11.2 Å². The van der Waals surface area contributed by atoms with Gasteiger partial charge in [-0.1, -0.05) is 48.1 Å². The van der Waals surface area contributed by atoms with E-state index in [4.69, 9.17) is 23.4 Å². The summed E-state index contributed by atoms with van der Waals surface area (Å²) in [5.74, 6) is 2.87. The lowest BCUT2D eigenvalue weighted by Crippen LogP contribution is -2.17. The summed E-state index contributed by atoms with van der Waals surface area (Å²) in [7, 11) is 0. The van der Waals surface area contributed by atoms with Crippen LogP contribution in [0.4, 0.5) is 0 Å². The predicted octanol–water partition coefficient (Wildman–Crippen LogP) is 2.19. The number of benzene rings is 1. The van der Waals surface area contributed by atoms with E-state index in [1.165, 1.54) is 11.8 Å². The van der Waals surface area contributed by atoms with Crippen molar-refractivity contribution in [3.63, 3.8) is 0 Å². The average Bonchev–Trinajstić information content (AvgIpc) is 2.67. The van der Waals surface area contributed by atoms with Gasteiger partial charge in [-0.3, -0.25) is 4.79 Å². The van der Waals surface area contributed by atoms with Crippen molar-refractivity contribution < 1.29 is 9.53 Å². The minimum Gasteiger partial charge on any atom is -0.480 e. The largest absolute Gasteiger partial charge is 0.480 e. The maximum absolute atomic E-state index is 11.6. The molecule has 1 aliphatic rings. The Labute approximate surface area is 115 Å². The smallest absolute Gasteiger partial charge is 0.263 e. The quantitative estimate of drug-likeness (QED) is 0.521. The molecule has 2 rings (SSSR count). The molecule has 3 nitrogen and oxygen atoms in total. The topological polar surface area (TPSA) is 38.3 Å². The van der Waals surface area contributed by atoms with Crippen molar-refractivity contribution in [1.82, 2.24) is 5.32 Å². The number of carbonyl (C=O) groups is 1. The van der Waals surface area contributed by atoms with Crippen LogP contribution in [0.2, 0.25) is 0 Å². The number of carbonyl (C=O) groups excluding carboxylic acids is 1. The Morgan fingerprint density at radius 3 is 2.94 bits per heavy atom. The van der Waals surface area contributed by atoms with Crippen molar-refractivity contribution in [1.29, 1.82) is 0 Å². The molecule has 0 spiro atoms. The molecule has 1 N–H and O–H groups in total. The van der Waals surface area contributed by atoms with Gasteiger partial charge in [0.05, 0.1) is 4.91 Å². The number of nitrogens with one attached hydrogen (secondary N) is 1. The van der Waals surface area contributed by atoms with Crippen LogP contribution < -0.4 is 10.1 Å². The molecular formula is C13H9NO2S2. The van der Waals surface area contributed by atoms with Gasteiger partial charge >= 0.3 is 0 Å². The molecule has 90 valence electrons. The van der Waals surface area contributed by atoms with E-state index < -0.39 is 0 Å². The van der Waals surface area contributed by atoms with Gasteiger partial charge in [-0.15, -0.1) is 6.42 Å². The van der Waals surface area contributed by atoms with Gasteiger partial charge < -0.3 is 10.1 Å². The second kappa shape index (κ2) is 5.71. The van der Waals surface area contributed by atoms with Crippen LogP contribution in [0.5, 0.6) is 5.75 Å². The SMILES string of the molecule is C#CCOc1ccccc1/C=C1\SC(=S)NC1=O. The first-order valence-corrected chi connectivity index (χ1v) is 6.33. The van der Waals surface area contributed by atoms with E-state index in [0.29, 0.717) is 15.0 Å².